The molecule has 0 atom stereocenters. The molecule has 0 aliphatic heterocycles. The highest BCUT2D eigenvalue weighted by atomic mass is 16.1. The molecule has 1 aliphatic carbocycles. The number of hydrogen-bond donors (Lipinski definition) is 2. The maximum absolute atomic E-state index is 8.35. The van der Waals surface area contributed by atoms with Crippen LogP contribution < -0.4 is 0 Å². The van der Waals surface area contributed by atoms with Gasteiger partial charge in [0, 0.05) is 0 Å². The Balaban J connectivity index is 0. The first kappa shape index (κ1) is 19.3. The average molecular weight is 262 g/mol. The minimum absolute atomic E-state index is 0. The van der Waals surface area contributed by atoms with Gasteiger partial charge in [-0.25, -0.2) is 20.4 Å². The van der Waals surface area contributed by atoms with Gasteiger partial charge < -0.3 is 0 Å². The lowest BCUT2D eigenvalue weighted by Gasteiger charge is -2.21. The largest absolute Gasteiger partial charge is 0.231 e. The van der Waals surface area contributed by atoms with E-state index in [9.17, 15) is 0 Å². The third-order valence-electron chi connectivity index (χ3n) is 2.88. The first-order valence-corrected chi connectivity index (χ1v) is 5.92. The summed E-state index contributed by atoms with van der Waals surface area (Å²) >= 11 is 0. The molecule has 19 heavy (non-hydrogen) atoms. The second kappa shape index (κ2) is 14.0. The molecule has 1 aromatic rings. The lowest BCUT2D eigenvalue weighted by molar-refractivity contribution is 0.443. The van der Waals surface area contributed by atoms with Crippen LogP contribution in [0.1, 0.15) is 51.0 Å². The van der Waals surface area contributed by atoms with Gasteiger partial charge in [0.25, 0.3) is 0 Å². The summed E-state index contributed by atoms with van der Waals surface area (Å²) in [7, 11) is 0. The van der Waals surface area contributed by atoms with E-state index in [-0.39, 0.29) is 7.43 Å². The van der Waals surface area contributed by atoms with E-state index in [2.05, 4.69) is 30.3 Å². The second-order valence-electron chi connectivity index (χ2n) is 3.95. The number of isocyanates is 2. The van der Waals surface area contributed by atoms with Crippen LogP contribution in [0.3, 0.4) is 0 Å². The number of benzene rings is 1. The molecule has 1 saturated carbocycles. The van der Waals surface area contributed by atoms with Crippen molar-refractivity contribution in [1.82, 2.24) is 0 Å². The normalized spacial score (nSPS) is 13.1. The Morgan fingerprint density at radius 1 is 0.895 bits per heavy atom. The van der Waals surface area contributed by atoms with Crippen molar-refractivity contribution in [3.05, 3.63) is 35.9 Å². The van der Waals surface area contributed by atoms with Gasteiger partial charge in [-0.2, -0.15) is 0 Å². The summed E-state index contributed by atoms with van der Waals surface area (Å²) in [6, 6.07) is 11.0. The van der Waals surface area contributed by atoms with E-state index in [0.717, 1.165) is 18.1 Å². The van der Waals surface area contributed by atoms with Crippen LogP contribution in [0.2, 0.25) is 0 Å². The predicted octanol–water partition coefficient (Wildman–Crippen LogP) is 4.17. The number of nitrogens with one attached hydrogen (secondary N) is 2. The molecular weight excluding hydrogens is 240 g/mol. The zero-order valence-electron chi connectivity index (χ0n) is 10.3. The van der Waals surface area contributed by atoms with Gasteiger partial charge in [-0.3, -0.25) is 0 Å². The SMILES string of the molecule is C.N=C=O.N=C=O.c1ccc(C2CCCCC2)cc1. The van der Waals surface area contributed by atoms with Crippen molar-refractivity contribution in [2.75, 3.05) is 0 Å². The maximum Gasteiger partial charge on any atom is 0.231 e. The molecule has 0 unspecified atom stereocenters. The monoisotopic (exact) mass is 262 g/mol. The van der Waals surface area contributed by atoms with Gasteiger partial charge in [-0.1, -0.05) is 57.0 Å². The molecule has 0 saturated heterocycles. The first-order valence-electron chi connectivity index (χ1n) is 5.92. The van der Waals surface area contributed by atoms with Crippen LogP contribution in [-0.2, 0) is 9.59 Å². The molecular formula is C15H22N2O2. The fourth-order valence-corrected chi connectivity index (χ4v) is 2.16. The van der Waals surface area contributed by atoms with Crippen molar-refractivity contribution in [3.8, 4) is 0 Å². The van der Waals surface area contributed by atoms with Crippen LogP contribution in [0.15, 0.2) is 30.3 Å². The van der Waals surface area contributed by atoms with Gasteiger partial charge in [-0.15, -0.1) is 0 Å². The Hall–Kier alpha value is -2.02. The minimum atomic E-state index is 0. The summed E-state index contributed by atoms with van der Waals surface area (Å²) in [6.07, 6.45) is 8.62. The van der Waals surface area contributed by atoms with Crippen molar-refractivity contribution in [3.63, 3.8) is 0 Å². The summed E-state index contributed by atoms with van der Waals surface area (Å²) in [5.74, 6) is 0.861. The lowest BCUT2D eigenvalue weighted by Crippen LogP contribution is -2.03. The summed E-state index contributed by atoms with van der Waals surface area (Å²) < 4.78 is 0. The zero-order valence-corrected chi connectivity index (χ0v) is 10.3. The molecule has 0 spiro atoms. The molecule has 2 rings (SSSR count). The van der Waals surface area contributed by atoms with Crippen LogP contribution in [0.25, 0.3) is 0 Å². The standard InChI is InChI=1S/C12H16.2CHNO.CH4/c1-3-7-11(8-4-1)12-9-5-2-6-10-12;2*2-1-3;/h1,3-4,7-8,12H,2,5-6,9-10H2;2*2H;1H4. The van der Waals surface area contributed by atoms with Crippen molar-refractivity contribution in [2.45, 2.75) is 45.4 Å². The van der Waals surface area contributed by atoms with Gasteiger partial charge in [-0.05, 0) is 24.3 Å². The average Bonchev–Trinajstić information content (AvgIpc) is 2.43. The third-order valence-corrected chi connectivity index (χ3v) is 2.88. The van der Waals surface area contributed by atoms with Gasteiger partial charge in [0.05, 0.1) is 0 Å². The van der Waals surface area contributed by atoms with Crippen molar-refractivity contribution in [2.24, 2.45) is 0 Å². The van der Waals surface area contributed by atoms with E-state index < -0.39 is 0 Å². The summed E-state index contributed by atoms with van der Waals surface area (Å²) in [5, 5.41) is 10.8. The fraction of sp³-hybridized carbons (Fsp3) is 0.467. The van der Waals surface area contributed by atoms with Crippen LogP contribution in [0.4, 0.5) is 0 Å². The Bertz CT molecular complexity index is 360. The van der Waals surface area contributed by atoms with Crippen molar-refractivity contribution < 1.29 is 9.59 Å². The zero-order chi connectivity index (χ0) is 13.6. The van der Waals surface area contributed by atoms with E-state index in [4.69, 9.17) is 20.4 Å². The van der Waals surface area contributed by atoms with E-state index in [1.807, 2.05) is 0 Å². The van der Waals surface area contributed by atoms with Crippen LogP contribution in [-0.4, -0.2) is 12.2 Å². The lowest BCUT2D eigenvalue weighted by atomic mass is 9.84. The highest BCUT2D eigenvalue weighted by molar-refractivity contribution is 5.26. The Kier molecular flexibility index (Phi) is 14.3. The Morgan fingerprint density at radius 2 is 1.32 bits per heavy atom. The first-order chi connectivity index (χ1) is 8.79. The molecule has 4 heteroatoms. The molecule has 2 N–H and O–H groups in total. The smallest absolute Gasteiger partial charge is 0.222 e. The van der Waals surface area contributed by atoms with Gasteiger partial charge in [0.1, 0.15) is 0 Å². The third kappa shape index (κ3) is 9.66. The molecule has 0 bridgehead atoms. The van der Waals surface area contributed by atoms with E-state index >= 15 is 0 Å². The molecule has 1 aliphatic rings. The molecule has 0 aromatic heterocycles. The highest BCUT2D eigenvalue weighted by Crippen LogP contribution is 2.31. The Morgan fingerprint density at radius 3 is 1.74 bits per heavy atom. The fourth-order valence-electron chi connectivity index (χ4n) is 2.16. The highest BCUT2D eigenvalue weighted by Gasteiger charge is 2.14. The molecule has 104 valence electrons. The molecule has 0 radical (unpaired) electrons. The molecule has 0 heterocycles. The molecule has 1 fully saturated rings. The number of carbonyl (C=O) groups excluding carboxylic acids is 2. The van der Waals surface area contributed by atoms with Crippen LogP contribution >= 0.6 is 0 Å². The van der Waals surface area contributed by atoms with E-state index in [1.54, 1.807) is 5.56 Å². The predicted molar refractivity (Wildman–Crippen MR) is 75.8 cm³/mol. The molecule has 4 nitrogen and oxygen atoms in total. The van der Waals surface area contributed by atoms with Gasteiger partial charge in [0.2, 0.25) is 12.2 Å². The second-order valence-corrected chi connectivity index (χ2v) is 3.95. The Labute approximate surface area is 114 Å². The summed E-state index contributed by atoms with van der Waals surface area (Å²) in [4.78, 5) is 16.7. The summed E-state index contributed by atoms with van der Waals surface area (Å²) in [6.45, 7) is 0. The van der Waals surface area contributed by atoms with Crippen LogP contribution in [0.5, 0.6) is 0 Å². The van der Waals surface area contributed by atoms with Gasteiger partial charge in [0.15, 0.2) is 0 Å². The van der Waals surface area contributed by atoms with Crippen LogP contribution in [0, 0.1) is 10.8 Å². The number of hydrogen-bond acceptors (Lipinski definition) is 4. The summed E-state index contributed by atoms with van der Waals surface area (Å²) in [5.41, 5.74) is 1.55. The minimum Gasteiger partial charge on any atom is -0.222 e. The molecule has 0 amide bonds. The quantitative estimate of drug-likeness (QED) is 0.588. The van der Waals surface area contributed by atoms with E-state index in [1.165, 1.54) is 32.1 Å². The molecule has 1 aromatic carbocycles. The van der Waals surface area contributed by atoms with Crippen molar-refractivity contribution >= 4 is 12.2 Å². The maximum atomic E-state index is 8.35. The topological polar surface area (TPSA) is 81.8 Å². The number of rotatable bonds is 1. The van der Waals surface area contributed by atoms with Gasteiger partial charge >= 0.3 is 0 Å². The van der Waals surface area contributed by atoms with Crippen molar-refractivity contribution in [1.29, 1.82) is 10.8 Å². The van der Waals surface area contributed by atoms with E-state index in [0.29, 0.717) is 0 Å².